The van der Waals surface area contributed by atoms with Gasteiger partial charge in [-0.1, -0.05) is 91.0 Å². The second kappa shape index (κ2) is 11.1. The molecule has 0 aliphatic rings. The Morgan fingerprint density at radius 1 is 0.667 bits per heavy atom. The topological polar surface area (TPSA) is 41.1 Å². The van der Waals surface area contributed by atoms with Crippen LogP contribution in [0.25, 0.3) is 0 Å². The minimum absolute atomic E-state index is 0.0445. The Kier molecular flexibility index (Phi) is 7.55. The van der Waals surface area contributed by atoms with Crippen LogP contribution in [0.4, 0.5) is 11.4 Å². The number of nitrogens with one attached hydrogen (secondary N) is 2. The molecule has 0 spiro atoms. The number of hydrogen-bond acceptors (Lipinski definition) is 2. The second-order valence-electron chi connectivity index (χ2n) is 8.33. The standard InChI is InChI=1S/C30H30N2O/c1-23(25-13-7-3-8-14-25)31-30(33)29(22-17-24-11-5-2-6-12-24)26-18-20-28(21-19-26)32-27-15-9-4-10-16-27/h2-16,18-21,23,29,32H,17,22H2,1H3,(H,31,33). The lowest BCUT2D eigenvalue weighted by atomic mass is 9.91. The molecule has 166 valence electrons. The fourth-order valence-electron chi connectivity index (χ4n) is 4.03. The normalized spacial score (nSPS) is 12.5. The first kappa shape index (κ1) is 22.3. The first-order valence-corrected chi connectivity index (χ1v) is 11.5. The minimum Gasteiger partial charge on any atom is -0.356 e. The van der Waals surface area contributed by atoms with Crippen LogP contribution in [-0.2, 0) is 11.2 Å². The molecule has 0 bridgehead atoms. The van der Waals surface area contributed by atoms with Gasteiger partial charge in [0.2, 0.25) is 5.91 Å². The molecule has 2 N–H and O–H groups in total. The van der Waals surface area contributed by atoms with E-state index in [0.29, 0.717) is 0 Å². The zero-order valence-corrected chi connectivity index (χ0v) is 18.9. The van der Waals surface area contributed by atoms with E-state index in [4.69, 9.17) is 0 Å². The number of amides is 1. The smallest absolute Gasteiger partial charge is 0.228 e. The second-order valence-corrected chi connectivity index (χ2v) is 8.33. The summed E-state index contributed by atoms with van der Waals surface area (Å²) in [6.07, 6.45) is 1.60. The molecule has 4 aromatic rings. The van der Waals surface area contributed by atoms with Crippen LogP contribution < -0.4 is 10.6 Å². The van der Waals surface area contributed by atoms with E-state index in [-0.39, 0.29) is 17.9 Å². The molecule has 0 aliphatic carbocycles. The minimum atomic E-state index is -0.220. The summed E-state index contributed by atoms with van der Waals surface area (Å²) < 4.78 is 0. The lowest BCUT2D eigenvalue weighted by molar-refractivity contribution is -0.123. The summed E-state index contributed by atoms with van der Waals surface area (Å²) in [5.74, 6) is -0.159. The van der Waals surface area contributed by atoms with E-state index in [2.05, 4.69) is 34.9 Å². The van der Waals surface area contributed by atoms with Crippen molar-refractivity contribution in [3.05, 3.63) is 132 Å². The number of rotatable bonds is 9. The van der Waals surface area contributed by atoms with Crippen molar-refractivity contribution < 1.29 is 4.79 Å². The largest absolute Gasteiger partial charge is 0.356 e. The molecule has 4 rings (SSSR count). The van der Waals surface area contributed by atoms with Gasteiger partial charge in [-0.25, -0.2) is 0 Å². The van der Waals surface area contributed by atoms with Crippen molar-refractivity contribution in [3.63, 3.8) is 0 Å². The maximum absolute atomic E-state index is 13.4. The third kappa shape index (κ3) is 6.33. The van der Waals surface area contributed by atoms with Crippen molar-refractivity contribution in [2.45, 2.75) is 31.7 Å². The summed E-state index contributed by atoms with van der Waals surface area (Å²) in [4.78, 5) is 13.4. The lowest BCUT2D eigenvalue weighted by Gasteiger charge is -2.21. The third-order valence-corrected chi connectivity index (χ3v) is 5.91. The van der Waals surface area contributed by atoms with Crippen LogP contribution in [0.1, 0.15) is 42.0 Å². The monoisotopic (exact) mass is 434 g/mol. The van der Waals surface area contributed by atoms with E-state index < -0.39 is 0 Å². The highest BCUT2D eigenvalue weighted by Gasteiger charge is 2.22. The Labute approximate surface area is 196 Å². The van der Waals surface area contributed by atoms with E-state index >= 15 is 0 Å². The van der Waals surface area contributed by atoms with Gasteiger partial charge in [0.25, 0.3) is 0 Å². The Balaban J connectivity index is 1.50. The molecule has 33 heavy (non-hydrogen) atoms. The molecular formula is C30H30N2O. The highest BCUT2D eigenvalue weighted by atomic mass is 16.1. The molecule has 0 saturated heterocycles. The lowest BCUT2D eigenvalue weighted by Crippen LogP contribution is -2.32. The number of aryl methyl sites for hydroxylation is 1. The van der Waals surface area contributed by atoms with Gasteiger partial charge in [0.05, 0.1) is 12.0 Å². The molecule has 0 aromatic heterocycles. The molecule has 0 fully saturated rings. The van der Waals surface area contributed by atoms with Gasteiger partial charge in [0.15, 0.2) is 0 Å². The predicted octanol–water partition coefficient (Wildman–Crippen LogP) is 7.02. The molecule has 3 nitrogen and oxygen atoms in total. The van der Waals surface area contributed by atoms with Crippen molar-refractivity contribution in [1.29, 1.82) is 0 Å². The highest BCUT2D eigenvalue weighted by molar-refractivity contribution is 5.84. The van der Waals surface area contributed by atoms with Gasteiger partial charge in [0.1, 0.15) is 0 Å². The molecule has 0 aliphatic heterocycles. The number of benzene rings is 4. The van der Waals surface area contributed by atoms with E-state index in [1.807, 2.05) is 97.9 Å². The predicted molar refractivity (Wildman–Crippen MR) is 137 cm³/mol. The first-order valence-electron chi connectivity index (χ1n) is 11.5. The number of carbonyl (C=O) groups is 1. The first-order chi connectivity index (χ1) is 16.2. The average Bonchev–Trinajstić information content (AvgIpc) is 2.87. The average molecular weight is 435 g/mol. The van der Waals surface area contributed by atoms with E-state index in [9.17, 15) is 4.79 Å². The Bertz CT molecular complexity index is 1130. The van der Waals surface area contributed by atoms with Crippen LogP contribution in [0.2, 0.25) is 0 Å². The van der Waals surface area contributed by atoms with Crippen molar-refractivity contribution in [1.82, 2.24) is 5.32 Å². The summed E-state index contributed by atoms with van der Waals surface area (Å²) in [6.45, 7) is 2.04. The Morgan fingerprint density at radius 3 is 1.85 bits per heavy atom. The SMILES string of the molecule is CC(NC(=O)C(CCc1ccccc1)c1ccc(Nc2ccccc2)cc1)c1ccccc1. The van der Waals surface area contributed by atoms with Crippen LogP contribution in [0.3, 0.4) is 0 Å². The van der Waals surface area contributed by atoms with Crippen molar-refractivity contribution in [2.75, 3.05) is 5.32 Å². The zero-order chi connectivity index (χ0) is 22.9. The number of carbonyl (C=O) groups excluding carboxylic acids is 1. The summed E-state index contributed by atoms with van der Waals surface area (Å²) in [5, 5.41) is 6.64. The number of hydrogen-bond donors (Lipinski definition) is 2. The summed E-state index contributed by atoms with van der Waals surface area (Å²) >= 11 is 0. The van der Waals surface area contributed by atoms with Crippen LogP contribution in [-0.4, -0.2) is 5.91 Å². The van der Waals surface area contributed by atoms with E-state index in [1.165, 1.54) is 5.56 Å². The molecule has 3 heteroatoms. The van der Waals surface area contributed by atoms with Gasteiger partial charge in [-0.05, 0) is 60.7 Å². The molecule has 0 radical (unpaired) electrons. The van der Waals surface area contributed by atoms with Gasteiger partial charge < -0.3 is 10.6 Å². The molecule has 4 aromatic carbocycles. The quantitative estimate of drug-likeness (QED) is 0.297. The Hall–Kier alpha value is -3.85. The molecule has 0 saturated carbocycles. The molecule has 2 atom stereocenters. The van der Waals surface area contributed by atoms with Crippen LogP contribution >= 0.6 is 0 Å². The van der Waals surface area contributed by atoms with E-state index in [1.54, 1.807) is 0 Å². The van der Waals surface area contributed by atoms with Crippen LogP contribution in [0, 0.1) is 0 Å². The van der Waals surface area contributed by atoms with Crippen LogP contribution in [0.15, 0.2) is 115 Å². The van der Waals surface area contributed by atoms with Gasteiger partial charge >= 0.3 is 0 Å². The fourth-order valence-corrected chi connectivity index (χ4v) is 4.03. The van der Waals surface area contributed by atoms with Gasteiger partial charge in [-0.2, -0.15) is 0 Å². The Morgan fingerprint density at radius 2 is 1.21 bits per heavy atom. The summed E-state index contributed by atoms with van der Waals surface area (Å²) in [7, 11) is 0. The molecule has 2 unspecified atom stereocenters. The third-order valence-electron chi connectivity index (χ3n) is 5.91. The summed E-state index contributed by atoms with van der Waals surface area (Å²) in [5.41, 5.74) is 5.43. The summed E-state index contributed by atoms with van der Waals surface area (Å²) in [6, 6.07) is 38.7. The van der Waals surface area contributed by atoms with Crippen molar-refractivity contribution in [2.24, 2.45) is 0 Å². The van der Waals surface area contributed by atoms with Gasteiger partial charge in [-0.3, -0.25) is 4.79 Å². The molecular weight excluding hydrogens is 404 g/mol. The van der Waals surface area contributed by atoms with Gasteiger partial charge in [-0.15, -0.1) is 0 Å². The number of para-hydroxylation sites is 1. The maximum Gasteiger partial charge on any atom is 0.228 e. The highest BCUT2D eigenvalue weighted by Crippen LogP contribution is 2.26. The zero-order valence-electron chi connectivity index (χ0n) is 18.9. The maximum atomic E-state index is 13.4. The van der Waals surface area contributed by atoms with Crippen LogP contribution in [0.5, 0.6) is 0 Å². The molecule has 1 amide bonds. The van der Waals surface area contributed by atoms with Crippen molar-refractivity contribution >= 4 is 17.3 Å². The number of anilines is 2. The molecule has 0 heterocycles. The fraction of sp³-hybridized carbons (Fsp3) is 0.167. The van der Waals surface area contributed by atoms with E-state index in [0.717, 1.165) is 35.3 Å². The van der Waals surface area contributed by atoms with Gasteiger partial charge in [0, 0.05) is 11.4 Å². The van der Waals surface area contributed by atoms with Crippen molar-refractivity contribution in [3.8, 4) is 0 Å².